The number of carbonyl (C=O) groups excluding carboxylic acids is 2. The summed E-state index contributed by atoms with van der Waals surface area (Å²) in [6.45, 7) is 8.30. The van der Waals surface area contributed by atoms with Crippen molar-refractivity contribution in [1.29, 1.82) is 0 Å². The van der Waals surface area contributed by atoms with Crippen molar-refractivity contribution in [2.75, 3.05) is 26.8 Å². The van der Waals surface area contributed by atoms with Gasteiger partial charge in [-0.25, -0.2) is 4.79 Å². The van der Waals surface area contributed by atoms with Crippen LogP contribution in [0.3, 0.4) is 0 Å². The van der Waals surface area contributed by atoms with Crippen molar-refractivity contribution in [2.45, 2.75) is 77.1 Å². The van der Waals surface area contributed by atoms with Gasteiger partial charge in [0.25, 0.3) is 5.69 Å². The van der Waals surface area contributed by atoms with Gasteiger partial charge in [-0.15, -0.1) is 0 Å². The van der Waals surface area contributed by atoms with Crippen LogP contribution in [0.4, 0.5) is 10.5 Å². The van der Waals surface area contributed by atoms with Gasteiger partial charge in [0.05, 0.1) is 10.8 Å². The predicted octanol–water partition coefficient (Wildman–Crippen LogP) is 7.78. The Balaban J connectivity index is 1.32. The highest BCUT2D eigenvalue weighted by Gasteiger charge is 2.43. The van der Waals surface area contributed by atoms with Crippen molar-refractivity contribution in [3.63, 3.8) is 0 Å². The first-order valence-electron chi connectivity index (χ1n) is 17.2. The molecule has 1 aromatic heterocycles. The summed E-state index contributed by atoms with van der Waals surface area (Å²) in [6, 6.07) is 23.1. The van der Waals surface area contributed by atoms with Gasteiger partial charge in [0.2, 0.25) is 5.91 Å². The largest absolute Gasteiger partial charge is 0.444 e. The summed E-state index contributed by atoms with van der Waals surface area (Å²) in [5.41, 5.74) is 4.46. The van der Waals surface area contributed by atoms with Gasteiger partial charge in [0.15, 0.2) is 0 Å². The van der Waals surface area contributed by atoms with Crippen LogP contribution in [0, 0.1) is 16.0 Å². The van der Waals surface area contributed by atoms with Gasteiger partial charge < -0.3 is 23.8 Å². The van der Waals surface area contributed by atoms with E-state index in [0.717, 1.165) is 59.0 Å². The molecule has 49 heavy (non-hydrogen) atoms. The highest BCUT2D eigenvalue weighted by molar-refractivity contribution is 5.86. The summed E-state index contributed by atoms with van der Waals surface area (Å²) in [4.78, 5) is 42.8. The minimum atomic E-state index is -0.649. The van der Waals surface area contributed by atoms with Crippen LogP contribution in [0.15, 0.2) is 79.0 Å². The van der Waals surface area contributed by atoms with Crippen molar-refractivity contribution < 1.29 is 24.0 Å². The average molecular weight is 667 g/mol. The zero-order valence-electron chi connectivity index (χ0n) is 28.8. The number of non-ortho nitro benzene ring substituents is 1. The first kappa shape index (κ1) is 34.2. The first-order chi connectivity index (χ1) is 23.5. The summed E-state index contributed by atoms with van der Waals surface area (Å²) in [7, 11) is 1.72. The van der Waals surface area contributed by atoms with Crippen molar-refractivity contribution in [3.05, 3.63) is 100 Å². The van der Waals surface area contributed by atoms with E-state index in [-0.39, 0.29) is 30.1 Å². The van der Waals surface area contributed by atoms with E-state index in [2.05, 4.69) is 39.9 Å². The van der Waals surface area contributed by atoms with E-state index < -0.39 is 22.5 Å². The number of carbonyl (C=O) groups is 2. The topological polar surface area (TPSA) is 107 Å². The molecule has 10 nitrogen and oxygen atoms in total. The van der Waals surface area contributed by atoms with Crippen LogP contribution < -0.4 is 0 Å². The molecule has 4 aromatic rings. The maximum Gasteiger partial charge on any atom is 0.410 e. The number of ether oxygens (including phenoxy) is 2. The molecule has 1 aliphatic carbocycles. The second kappa shape index (κ2) is 14.4. The van der Waals surface area contributed by atoms with Crippen LogP contribution in [0.2, 0.25) is 0 Å². The number of nitro groups is 1. The molecule has 0 bridgehead atoms. The number of nitrogens with zero attached hydrogens (tertiary/aromatic N) is 4. The second-order valence-electron chi connectivity index (χ2n) is 14.3. The van der Waals surface area contributed by atoms with E-state index in [1.54, 1.807) is 24.1 Å². The second-order valence-corrected chi connectivity index (χ2v) is 14.3. The molecule has 3 aromatic carbocycles. The molecular weight excluding hydrogens is 620 g/mol. The average Bonchev–Trinajstić information content (AvgIpc) is 3.88. The number of nitro benzene ring substituents is 1. The zero-order valence-corrected chi connectivity index (χ0v) is 28.8. The van der Waals surface area contributed by atoms with E-state index >= 15 is 0 Å². The Hall–Kier alpha value is -4.70. The SMILES string of the molecule is COCCCn1cc(CN(C(=O)[C@H]2CN(C(=O)OC(C)(C)C)CC[C@@H]2c2cccc(-c3ccc([N+](=O)[O-])cc3)c2)C2CC2)c2ccccc21. The Morgan fingerprint density at radius 1 is 0.980 bits per heavy atom. The number of hydrogen-bond donors (Lipinski definition) is 0. The molecule has 1 aliphatic heterocycles. The third-order valence-corrected chi connectivity index (χ3v) is 9.54. The quantitative estimate of drug-likeness (QED) is 0.0919. The molecule has 6 rings (SSSR count). The number of hydrogen-bond acceptors (Lipinski definition) is 6. The van der Waals surface area contributed by atoms with Crippen LogP contribution in [-0.2, 0) is 27.4 Å². The lowest BCUT2D eigenvalue weighted by Crippen LogP contribution is -2.51. The minimum absolute atomic E-state index is 0.0401. The maximum absolute atomic E-state index is 14.9. The normalized spacial score (nSPS) is 18.0. The molecule has 2 amide bonds. The summed E-state index contributed by atoms with van der Waals surface area (Å²) in [5.74, 6) is -0.539. The molecule has 2 aliphatic rings. The van der Waals surface area contributed by atoms with Gasteiger partial charge in [-0.2, -0.15) is 0 Å². The fourth-order valence-corrected chi connectivity index (χ4v) is 7.00. The minimum Gasteiger partial charge on any atom is -0.444 e. The molecule has 1 saturated heterocycles. The lowest BCUT2D eigenvalue weighted by atomic mass is 9.79. The molecule has 10 heteroatoms. The van der Waals surface area contributed by atoms with Gasteiger partial charge >= 0.3 is 6.09 Å². The smallest absolute Gasteiger partial charge is 0.410 e. The van der Waals surface area contributed by atoms with Crippen molar-refractivity contribution in [3.8, 4) is 11.1 Å². The van der Waals surface area contributed by atoms with E-state index in [1.807, 2.05) is 45.0 Å². The Bertz CT molecular complexity index is 1810. The number of para-hydroxylation sites is 1. The number of fused-ring (bicyclic) bond motifs is 1. The van der Waals surface area contributed by atoms with Crippen LogP contribution in [-0.4, -0.2) is 69.7 Å². The third kappa shape index (κ3) is 7.96. The Labute approximate surface area is 287 Å². The lowest BCUT2D eigenvalue weighted by Gasteiger charge is -2.40. The summed E-state index contributed by atoms with van der Waals surface area (Å²) < 4.78 is 13.3. The Morgan fingerprint density at radius 3 is 2.43 bits per heavy atom. The van der Waals surface area contributed by atoms with Gasteiger partial charge in [-0.1, -0.05) is 42.5 Å². The molecule has 0 N–H and O–H groups in total. The summed E-state index contributed by atoms with van der Waals surface area (Å²) in [5, 5.41) is 12.4. The number of amides is 2. The van der Waals surface area contributed by atoms with Crippen LogP contribution >= 0.6 is 0 Å². The van der Waals surface area contributed by atoms with E-state index in [0.29, 0.717) is 26.1 Å². The summed E-state index contributed by atoms with van der Waals surface area (Å²) >= 11 is 0. The molecule has 2 heterocycles. The fraction of sp³-hybridized carbons (Fsp3) is 0.436. The molecule has 2 fully saturated rings. The molecule has 0 radical (unpaired) electrons. The number of piperidine rings is 1. The standard InChI is InChI=1S/C39H46N4O6/c1-39(2,3)49-38(45)41-21-19-33(29-10-7-9-28(23-29)27-13-15-32(16-14-27)43(46)47)35(26-41)37(44)42(31-17-18-31)25-30-24-40(20-8-22-48-4)36-12-6-5-11-34(30)36/h5-7,9-16,23-24,31,33,35H,8,17-22,25-26H2,1-4H3/t33-,35+/m1/s1. The highest BCUT2D eigenvalue weighted by Crippen LogP contribution is 2.40. The van der Waals surface area contributed by atoms with Crippen LogP contribution in [0.1, 0.15) is 63.5 Å². The number of benzene rings is 3. The summed E-state index contributed by atoms with van der Waals surface area (Å²) in [6.07, 6.45) is 5.20. The number of methoxy groups -OCH3 is 1. The number of aromatic nitrogens is 1. The number of rotatable bonds is 11. The van der Waals surface area contributed by atoms with Crippen molar-refractivity contribution in [2.24, 2.45) is 5.92 Å². The molecule has 0 spiro atoms. The van der Waals surface area contributed by atoms with Crippen molar-refractivity contribution >= 4 is 28.6 Å². The van der Waals surface area contributed by atoms with Gasteiger partial charge in [0, 0.05) is 75.2 Å². The van der Waals surface area contributed by atoms with E-state index in [4.69, 9.17) is 9.47 Å². The monoisotopic (exact) mass is 666 g/mol. The van der Waals surface area contributed by atoms with Gasteiger partial charge in [-0.3, -0.25) is 14.9 Å². The van der Waals surface area contributed by atoms with Crippen LogP contribution in [0.5, 0.6) is 0 Å². The molecule has 258 valence electrons. The number of likely N-dealkylation sites (tertiary alicyclic amines) is 1. The Morgan fingerprint density at radius 2 is 1.73 bits per heavy atom. The molecule has 1 saturated carbocycles. The molecule has 0 unspecified atom stereocenters. The number of aryl methyl sites for hydroxylation is 1. The van der Waals surface area contributed by atoms with Crippen molar-refractivity contribution in [1.82, 2.24) is 14.4 Å². The van der Waals surface area contributed by atoms with E-state index in [9.17, 15) is 19.7 Å². The predicted molar refractivity (Wildman–Crippen MR) is 189 cm³/mol. The first-order valence-corrected chi connectivity index (χ1v) is 17.2. The Kier molecular flexibility index (Phi) is 10.1. The third-order valence-electron chi connectivity index (χ3n) is 9.54. The van der Waals surface area contributed by atoms with Gasteiger partial charge in [0.1, 0.15) is 5.60 Å². The van der Waals surface area contributed by atoms with E-state index in [1.165, 1.54) is 12.1 Å². The highest BCUT2D eigenvalue weighted by atomic mass is 16.6. The zero-order chi connectivity index (χ0) is 34.7. The van der Waals surface area contributed by atoms with Gasteiger partial charge in [-0.05, 0) is 92.8 Å². The van der Waals surface area contributed by atoms with Crippen LogP contribution in [0.25, 0.3) is 22.0 Å². The molecular formula is C39H46N4O6. The maximum atomic E-state index is 14.9. The molecule has 2 atom stereocenters. The fourth-order valence-electron chi connectivity index (χ4n) is 7.00. The lowest BCUT2D eigenvalue weighted by molar-refractivity contribution is -0.384.